The number of carbonyl (C=O) groups excluding carboxylic acids is 2. The molecule has 0 bridgehead atoms. The summed E-state index contributed by atoms with van der Waals surface area (Å²) in [6.45, 7) is 1.31. The van der Waals surface area contributed by atoms with E-state index in [1.807, 2.05) is 6.92 Å². The summed E-state index contributed by atoms with van der Waals surface area (Å²) in [7, 11) is 0.0642. The summed E-state index contributed by atoms with van der Waals surface area (Å²) in [4.78, 5) is 22.5. The Labute approximate surface area is 115 Å². The lowest BCUT2D eigenvalue weighted by atomic mass is 10.1. The molecule has 1 N–H and O–H groups in total. The number of hydrogen-bond acceptors (Lipinski definition) is 6. The largest absolute Gasteiger partial charge is 0.458 e. The molecule has 1 saturated heterocycles. The molecule has 4 atom stereocenters. The molecule has 1 fully saturated rings. The summed E-state index contributed by atoms with van der Waals surface area (Å²) in [5.41, 5.74) is 0. The van der Waals surface area contributed by atoms with E-state index in [-0.39, 0.29) is 31.8 Å². The lowest BCUT2D eigenvalue weighted by Crippen LogP contribution is -2.32. The van der Waals surface area contributed by atoms with E-state index in [4.69, 9.17) is 21.7 Å². The van der Waals surface area contributed by atoms with Gasteiger partial charge in [-0.2, -0.15) is 0 Å². The number of ether oxygens (including phenoxy) is 4. The van der Waals surface area contributed by atoms with E-state index in [0.29, 0.717) is 6.42 Å². The molecule has 1 aliphatic rings. The Kier molecular flexibility index (Phi) is 5.46. The minimum Gasteiger partial charge on any atom is -0.458 e. The molecule has 0 spiro atoms. The highest BCUT2D eigenvalue weighted by Crippen LogP contribution is 2.23. The summed E-state index contributed by atoms with van der Waals surface area (Å²) < 4.78 is 34.4. The van der Waals surface area contributed by atoms with Crippen molar-refractivity contribution in [1.82, 2.24) is 5.32 Å². The normalized spacial score (nSPS) is 29.3. The molecular formula is C12H21NO6. The molecule has 0 aromatic carbocycles. The molecule has 0 aromatic rings. The fourth-order valence-electron chi connectivity index (χ4n) is 1.79. The first-order valence-electron chi connectivity index (χ1n) is 7.17. The Morgan fingerprint density at radius 1 is 1.58 bits per heavy atom. The van der Waals surface area contributed by atoms with Gasteiger partial charge in [-0.25, -0.2) is 4.79 Å². The van der Waals surface area contributed by atoms with Gasteiger partial charge in [-0.15, -0.1) is 0 Å². The number of carbonyl (C=O) groups is 2. The Bertz CT molecular complexity index is 355. The SMILES string of the molecule is [2H]C([3H])OC[C@H]1O[C@@H](C)C[C@H]1OC(=O)COCC(=O)NC. The number of nitrogens with one attached hydrogen (secondary N) is 1. The maximum absolute atomic E-state index is 11.6. The van der Waals surface area contributed by atoms with Crippen LogP contribution in [-0.4, -0.2) is 64.1 Å². The van der Waals surface area contributed by atoms with Crippen LogP contribution in [0.5, 0.6) is 0 Å². The van der Waals surface area contributed by atoms with Gasteiger partial charge in [0, 0.05) is 20.5 Å². The number of esters is 1. The van der Waals surface area contributed by atoms with Crippen molar-refractivity contribution >= 4 is 11.9 Å². The van der Waals surface area contributed by atoms with Gasteiger partial charge >= 0.3 is 5.97 Å². The Morgan fingerprint density at radius 3 is 3.05 bits per heavy atom. The van der Waals surface area contributed by atoms with Gasteiger partial charge in [0.1, 0.15) is 25.4 Å². The van der Waals surface area contributed by atoms with E-state index < -0.39 is 25.2 Å². The standard InChI is InChI=1S/C12H21NO6/c1-8-4-9(10(18-8)5-16-3)19-12(15)7-17-6-11(14)13-2/h8-10H,4-7H2,1-3H3,(H,13,14)/t8-,9+,10+/m0/s1/i3TD/t3?,8-,9+,10+. The number of likely N-dealkylation sites (N-methyl/N-ethyl adjacent to an activating group) is 1. The Morgan fingerprint density at radius 2 is 2.37 bits per heavy atom. The van der Waals surface area contributed by atoms with Crippen molar-refractivity contribution in [3.8, 4) is 0 Å². The molecule has 19 heavy (non-hydrogen) atoms. The number of methoxy groups -OCH3 is 1. The first-order chi connectivity index (χ1) is 9.92. The third-order valence-electron chi connectivity index (χ3n) is 2.66. The van der Waals surface area contributed by atoms with Crippen LogP contribution < -0.4 is 5.32 Å². The second-order valence-electron chi connectivity index (χ2n) is 4.25. The lowest BCUT2D eigenvalue weighted by Gasteiger charge is -2.18. The molecule has 1 heterocycles. The number of hydrogen-bond donors (Lipinski definition) is 1. The summed E-state index contributed by atoms with van der Waals surface area (Å²) >= 11 is 0. The second kappa shape index (κ2) is 8.08. The minimum atomic E-state index is -1.41. The van der Waals surface area contributed by atoms with Crippen molar-refractivity contribution in [2.24, 2.45) is 0 Å². The van der Waals surface area contributed by atoms with Crippen LogP contribution in [-0.2, 0) is 28.5 Å². The zero-order valence-electron chi connectivity index (χ0n) is 13.1. The minimum absolute atomic E-state index is 0.0129. The zero-order chi connectivity index (χ0) is 15.8. The van der Waals surface area contributed by atoms with Crippen molar-refractivity contribution < 1.29 is 31.3 Å². The van der Waals surface area contributed by atoms with Crippen LogP contribution in [0.1, 0.15) is 16.1 Å². The molecule has 0 saturated carbocycles. The van der Waals surface area contributed by atoms with Gasteiger partial charge in [-0.3, -0.25) is 4.79 Å². The van der Waals surface area contributed by atoms with Crippen LogP contribution in [0.25, 0.3) is 0 Å². The van der Waals surface area contributed by atoms with Gasteiger partial charge in [0.25, 0.3) is 0 Å². The van der Waals surface area contributed by atoms with Crippen molar-refractivity contribution in [3.63, 3.8) is 0 Å². The molecular weight excluding hydrogens is 254 g/mol. The summed E-state index contributed by atoms with van der Waals surface area (Å²) in [5.74, 6) is -0.927. The lowest BCUT2D eigenvalue weighted by molar-refractivity contribution is -0.159. The topological polar surface area (TPSA) is 83.1 Å². The molecule has 110 valence electrons. The van der Waals surface area contributed by atoms with E-state index in [1.54, 1.807) is 0 Å². The monoisotopic (exact) mass is 278 g/mol. The van der Waals surface area contributed by atoms with Gasteiger partial charge in [0.05, 0.1) is 15.5 Å². The Balaban J connectivity index is 2.33. The highest BCUT2D eigenvalue weighted by Gasteiger charge is 2.35. The third kappa shape index (κ3) is 5.54. The molecule has 0 radical (unpaired) electrons. The predicted molar refractivity (Wildman–Crippen MR) is 65.6 cm³/mol. The summed E-state index contributed by atoms with van der Waals surface area (Å²) in [5, 5.41) is 2.36. The van der Waals surface area contributed by atoms with Gasteiger partial charge in [-0.1, -0.05) is 0 Å². The third-order valence-corrected chi connectivity index (χ3v) is 2.66. The maximum atomic E-state index is 11.6. The zero-order valence-corrected chi connectivity index (χ0v) is 11.1. The first kappa shape index (κ1) is 12.8. The molecule has 1 amide bonds. The quantitative estimate of drug-likeness (QED) is 0.631. The fourth-order valence-corrected chi connectivity index (χ4v) is 1.79. The van der Waals surface area contributed by atoms with Gasteiger partial charge in [-0.05, 0) is 6.92 Å². The van der Waals surface area contributed by atoms with Crippen LogP contribution in [0.4, 0.5) is 0 Å². The molecule has 0 aliphatic carbocycles. The van der Waals surface area contributed by atoms with Gasteiger partial charge in [0.15, 0.2) is 0 Å². The molecule has 0 aromatic heterocycles. The van der Waals surface area contributed by atoms with Crippen molar-refractivity contribution in [2.75, 3.05) is 33.9 Å². The molecule has 7 nitrogen and oxygen atoms in total. The van der Waals surface area contributed by atoms with Crippen LogP contribution in [0.15, 0.2) is 0 Å². The van der Waals surface area contributed by atoms with Crippen LogP contribution >= 0.6 is 0 Å². The highest BCUT2D eigenvalue weighted by atomic mass is 16.6. The van der Waals surface area contributed by atoms with Crippen LogP contribution in [0.2, 0.25) is 0 Å². The first-order valence-corrected chi connectivity index (χ1v) is 6.01. The number of rotatable bonds is 7. The van der Waals surface area contributed by atoms with Crippen LogP contribution in [0, 0.1) is 0 Å². The highest BCUT2D eigenvalue weighted by molar-refractivity contribution is 5.77. The number of amides is 1. The van der Waals surface area contributed by atoms with Crippen LogP contribution in [0.3, 0.4) is 0 Å². The predicted octanol–water partition coefficient (Wildman–Crippen LogP) is -0.515. The van der Waals surface area contributed by atoms with Crippen molar-refractivity contribution in [2.45, 2.75) is 31.7 Å². The fraction of sp³-hybridized carbons (Fsp3) is 0.833. The molecule has 1 rings (SSSR count). The maximum Gasteiger partial charge on any atom is 0.332 e. The smallest absolute Gasteiger partial charge is 0.332 e. The van der Waals surface area contributed by atoms with E-state index >= 15 is 0 Å². The van der Waals surface area contributed by atoms with Crippen molar-refractivity contribution in [1.29, 1.82) is 0 Å². The van der Waals surface area contributed by atoms with Gasteiger partial charge in [0.2, 0.25) is 5.91 Å². The second-order valence-corrected chi connectivity index (χ2v) is 4.25. The Hall–Kier alpha value is -1.18. The van der Waals surface area contributed by atoms with E-state index in [9.17, 15) is 9.59 Å². The average molecular weight is 278 g/mol. The van der Waals surface area contributed by atoms with E-state index in [1.165, 1.54) is 7.05 Å². The average Bonchev–Trinajstić information content (AvgIpc) is 2.76. The summed E-state index contributed by atoms with van der Waals surface area (Å²) in [6.07, 6.45) is -0.593. The van der Waals surface area contributed by atoms with Gasteiger partial charge < -0.3 is 24.3 Å². The van der Waals surface area contributed by atoms with Crippen molar-refractivity contribution in [3.05, 3.63) is 0 Å². The van der Waals surface area contributed by atoms with E-state index in [2.05, 4.69) is 5.32 Å². The molecule has 1 aliphatic heterocycles. The molecule has 7 heteroatoms. The van der Waals surface area contributed by atoms with E-state index in [0.717, 1.165) is 0 Å². The molecule has 1 unspecified atom stereocenters. The summed E-state index contributed by atoms with van der Waals surface area (Å²) in [6, 6.07) is 0.